The van der Waals surface area contributed by atoms with Crippen LogP contribution in [-0.4, -0.2) is 51.6 Å². The number of hydrogen-bond acceptors (Lipinski definition) is 5. The summed E-state index contributed by atoms with van der Waals surface area (Å²) in [4.78, 5) is 0.487. The lowest BCUT2D eigenvalue weighted by atomic mass is 10.3. The van der Waals surface area contributed by atoms with Crippen LogP contribution in [0.2, 0.25) is 0 Å². The molecule has 0 bridgehead atoms. The minimum atomic E-state index is -3.57. The van der Waals surface area contributed by atoms with Crippen LogP contribution in [0, 0.1) is 0 Å². The zero-order chi connectivity index (χ0) is 27.3. The predicted molar refractivity (Wildman–Crippen MR) is 150 cm³/mol. The number of sulfonamides is 2. The maximum Gasteiger partial charge on any atom is 0.243 e. The molecule has 0 amide bonds. The second-order valence-corrected chi connectivity index (χ2v) is 13.1. The van der Waals surface area contributed by atoms with Gasteiger partial charge < -0.3 is 4.74 Å². The van der Waals surface area contributed by atoms with Crippen LogP contribution in [0.25, 0.3) is 0 Å². The fourth-order valence-corrected chi connectivity index (χ4v) is 6.87. The molecular formula is C28H44N2O5S2. The molecule has 0 radical (unpaired) electrons. The third-order valence-corrected chi connectivity index (χ3v) is 10.0. The van der Waals surface area contributed by atoms with Crippen molar-refractivity contribution in [2.75, 3.05) is 26.2 Å². The molecule has 0 atom stereocenters. The van der Waals surface area contributed by atoms with E-state index >= 15 is 0 Å². The van der Waals surface area contributed by atoms with Crippen LogP contribution >= 0.6 is 0 Å². The van der Waals surface area contributed by atoms with Gasteiger partial charge in [-0.2, -0.15) is 8.61 Å². The maximum absolute atomic E-state index is 13.2. The Bertz CT molecular complexity index is 1020. The molecule has 2 aromatic rings. The van der Waals surface area contributed by atoms with Crippen LogP contribution in [0.3, 0.4) is 0 Å². The number of rotatable bonds is 18. The largest absolute Gasteiger partial charge is 0.457 e. The Morgan fingerprint density at radius 2 is 0.784 bits per heavy atom. The second-order valence-electron chi connectivity index (χ2n) is 9.27. The molecule has 2 aromatic carbocycles. The van der Waals surface area contributed by atoms with Crippen molar-refractivity contribution in [1.29, 1.82) is 0 Å². The first kappa shape index (κ1) is 31.3. The lowest BCUT2D eigenvalue weighted by molar-refractivity contribution is 0.395. The summed E-state index contributed by atoms with van der Waals surface area (Å²) in [6, 6.07) is 12.8. The molecule has 0 saturated carbocycles. The van der Waals surface area contributed by atoms with Gasteiger partial charge in [-0.15, -0.1) is 0 Å². The first-order valence-corrected chi connectivity index (χ1v) is 16.5. The summed E-state index contributed by atoms with van der Waals surface area (Å²) in [5.41, 5.74) is 0. The van der Waals surface area contributed by atoms with Crippen molar-refractivity contribution < 1.29 is 21.6 Å². The number of benzene rings is 2. The molecule has 0 unspecified atom stereocenters. The predicted octanol–water partition coefficient (Wildman–Crippen LogP) is 6.66. The Morgan fingerprint density at radius 3 is 1.03 bits per heavy atom. The first-order chi connectivity index (χ1) is 17.7. The van der Waals surface area contributed by atoms with E-state index in [9.17, 15) is 16.8 Å². The molecule has 0 aliphatic heterocycles. The quantitative estimate of drug-likeness (QED) is 0.206. The molecular weight excluding hydrogens is 508 g/mol. The van der Waals surface area contributed by atoms with Gasteiger partial charge in [-0.3, -0.25) is 0 Å². The van der Waals surface area contributed by atoms with E-state index in [4.69, 9.17) is 4.74 Å². The van der Waals surface area contributed by atoms with Gasteiger partial charge in [-0.05, 0) is 74.2 Å². The zero-order valence-corrected chi connectivity index (χ0v) is 24.5. The number of hydrogen-bond donors (Lipinski definition) is 0. The molecule has 0 heterocycles. The van der Waals surface area contributed by atoms with Crippen LogP contribution < -0.4 is 4.74 Å². The van der Waals surface area contributed by atoms with E-state index in [0.29, 0.717) is 37.7 Å². The van der Waals surface area contributed by atoms with Crippen molar-refractivity contribution in [3.05, 3.63) is 48.5 Å². The van der Waals surface area contributed by atoms with E-state index < -0.39 is 20.0 Å². The Hall–Kier alpha value is -1.94. The number of nitrogens with zero attached hydrogens (tertiary/aromatic N) is 2. The summed E-state index contributed by atoms with van der Waals surface area (Å²) in [5, 5.41) is 0. The van der Waals surface area contributed by atoms with Gasteiger partial charge in [-0.25, -0.2) is 16.8 Å². The molecule has 9 heteroatoms. The first-order valence-electron chi connectivity index (χ1n) is 13.6. The molecule has 0 aliphatic rings. The summed E-state index contributed by atoms with van der Waals surface area (Å²) in [6.45, 7) is 10.3. The van der Waals surface area contributed by atoms with Crippen LogP contribution in [0.1, 0.15) is 79.1 Å². The normalized spacial score (nSPS) is 12.4. The Labute approximate surface area is 224 Å². The highest BCUT2D eigenvalue weighted by atomic mass is 32.2. The van der Waals surface area contributed by atoms with Gasteiger partial charge in [0.05, 0.1) is 9.79 Å². The Kier molecular flexibility index (Phi) is 13.1. The molecule has 0 saturated heterocycles. The van der Waals surface area contributed by atoms with Crippen LogP contribution in [0.4, 0.5) is 0 Å². The highest BCUT2D eigenvalue weighted by molar-refractivity contribution is 7.89. The Morgan fingerprint density at radius 1 is 0.514 bits per heavy atom. The van der Waals surface area contributed by atoms with Crippen molar-refractivity contribution >= 4 is 20.0 Å². The summed E-state index contributed by atoms with van der Waals surface area (Å²) in [6.07, 6.45) is 7.02. The fourth-order valence-electron chi connectivity index (χ4n) is 3.84. The average molecular weight is 553 g/mol. The SMILES string of the molecule is CCCCN(CCCC)S(=O)(=O)c1ccc(Oc2ccc(S(=O)(=O)N(CCCC)CCCC)cc2)cc1. The lowest BCUT2D eigenvalue weighted by Gasteiger charge is -2.22. The van der Waals surface area contributed by atoms with E-state index in [0.717, 1.165) is 51.4 Å². The van der Waals surface area contributed by atoms with Gasteiger partial charge in [0.15, 0.2) is 0 Å². The lowest BCUT2D eigenvalue weighted by Crippen LogP contribution is -2.33. The van der Waals surface area contributed by atoms with E-state index in [-0.39, 0.29) is 9.79 Å². The van der Waals surface area contributed by atoms with Gasteiger partial charge in [-0.1, -0.05) is 53.4 Å². The molecule has 37 heavy (non-hydrogen) atoms. The molecule has 2 rings (SSSR count). The third kappa shape index (κ3) is 9.09. The smallest absolute Gasteiger partial charge is 0.243 e. The van der Waals surface area contributed by atoms with Gasteiger partial charge in [0.25, 0.3) is 0 Å². The molecule has 0 fully saturated rings. The van der Waals surface area contributed by atoms with Crippen molar-refractivity contribution in [2.24, 2.45) is 0 Å². The Balaban J connectivity index is 2.14. The van der Waals surface area contributed by atoms with Crippen LogP contribution in [0.15, 0.2) is 58.3 Å². The number of ether oxygens (including phenoxy) is 1. The van der Waals surface area contributed by atoms with Crippen molar-refractivity contribution in [3.8, 4) is 11.5 Å². The van der Waals surface area contributed by atoms with Gasteiger partial charge in [0.2, 0.25) is 20.0 Å². The van der Waals surface area contributed by atoms with Crippen molar-refractivity contribution in [2.45, 2.75) is 88.9 Å². The molecule has 7 nitrogen and oxygen atoms in total. The van der Waals surface area contributed by atoms with E-state index in [2.05, 4.69) is 0 Å². The molecule has 208 valence electrons. The van der Waals surface area contributed by atoms with Gasteiger partial charge in [0, 0.05) is 26.2 Å². The van der Waals surface area contributed by atoms with Crippen LogP contribution in [-0.2, 0) is 20.0 Å². The maximum atomic E-state index is 13.2. The van der Waals surface area contributed by atoms with Crippen molar-refractivity contribution in [3.63, 3.8) is 0 Å². The molecule has 0 aliphatic carbocycles. The zero-order valence-electron chi connectivity index (χ0n) is 22.9. The second kappa shape index (κ2) is 15.5. The van der Waals surface area contributed by atoms with Crippen LogP contribution in [0.5, 0.6) is 11.5 Å². The van der Waals surface area contributed by atoms with Gasteiger partial charge in [0.1, 0.15) is 11.5 Å². The summed E-state index contributed by atoms with van der Waals surface area (Å²) in [7, 11) is -7.15. The minimum absolute atomic E-state index is 0.243. The standard InChI is InChI=1S/C28H44N2O5S2/c1-5-9-21-29(22-10-6-2)36(31,32)27-17-13-25(14-18-27)35-26-15-19-28(20-16-26)37(33,34)30(23-11-7-3)24-12-8-4/h13-20H,5-12,21-24H2,1-4H3. The monoisotopic (exact) mass is 552 g/mol. The summed E-state index contributed by atoms with van der Waals surface area (Å²) >= 11 is 0. The summed E-state index contributed by atoms with van der Waals surface area (Å²) in [5.74, 6) is 0.964. The highest BCUT2D eigenvalue weighted by Gasteiger charge is 2.25. The minimum Gasteiger partial charge on any atom is -0.457 e. The molecule has 0 aromatic heterocycles. The van der Waals surface area contributed by atoms with E-state index in [1.807, 2.05) is 27.7 Å². The fraction of sp³-hybridized carbons (Fsp3) is 0.571. The average Bonchev–Trinajstić information content (AvgIpc) is 2.89. The summed E-state index contributed by atoms with van der Waals surface area (Å²) < 4.78 is 61.6. The van der Waals surface area contributed by atoms with Gasteiger partial charge >= 0.3 is 0 Å². The number of unbranched alkanes of at least 4 members (excludes halogenated alkanes) is 4. The molecule has 0 N–H and O–H groups in total. The van der Waals surface area contributed by atoms with Crippen molar-refractivity contribution in [1.82, 2.24) is 8.61 Å². The topological polar surface area (TPSA) is 84.0 Å². The van der Waals surface area contributed by atoms with E-state index in [1.165, 1.54) is 0 Å². The third-order valence-electron chi connectivity index (χ3n) is 6.20. The van der Waals surface area contributed by atoms with E-state index in [1.54, 1.807) is 57.1 Å². The highest BCUT2D eigenvalue weighted by Crippen LogP contribution is 2.27. The molecule has 0 spiro atoms.